The lowest BCUT2D eigenvalue weighted by molar-refractivity contribution is -0.146. The number of nitrogens with one attached hydrogen (secondary N) is 2. The van der Waals surface area contributed by atoms with Crippen LogP contribution in [-0.2, 0) is 4.79 Å². The van der Waals surface area contributed by atoms with Crippen LogP contribution in [0, 0.1) is 6.92 Å². The molecule has 0 saturated heterocycles. The molecule has 1 atom stereocenters. The van der Waals surface area contributed by atoms with Gasteiger partial charge in [-0.3, -0.25) is 5.32 Å². The molecule has 1 rings (SSSR count). The van der Waals surface area contributed by atoms with E-state index in [4.69, 9.17) is 10.2 Å². The Morgan fingerprint density at radius 1 is 1.47 bits per heavy atom. The number of rotatable bonds is 5. The molecule has 0 fully saturated rings. The molecule has 0 aliphatic carbocycles. The van der Waals surface area contributed by atoms with E-state index in [-0.39, 0.29) is 13.0 Å². The predicted octanol–water partition coefficient (Wildman–Crippen LogP) is -0.196. The van der Waals surface area contributed by atoms with Gasteiger partial charge in [-0.05, 0) is 6.92 Å². The molecule has 0 aliphatic heterocycles. The van der Waals surface area contributed by atoms with E-state index in [1.54, 1.807) is 6.92 Å². The topological polar surface area (TPSA) is 124 Å². The molecule has 1 aromatic heterocycles. The summed E-state index contributed by atoms with van der Waals surface area (Å²) >= 11 is 1.22. The zero-order chi connectivity index (χ0) is 12.8. The number of aliphatic hydroxyl groups excluding tert-OH is 1. The van der Waals surface area contributed by atoms with E-state index in [1.165, 1.54) is 11.3 Å². The second kappa shape index (κ2) is 6.11. The monoisotopic (exact) mass is 260 g/mol. The molecule has 1 aromatic rings. The number of carbonyl (C=O) groups is 2. The molecule has 1 heterocycles. The largest absolute Gasteiger partial charge is 0.479 e. The van der Waals surface area contributed by atoms with Crippen molar-refractivity contribution in [1.82, 2.24) is 15.5 Å². The van der Waals surface area contributed by atoms with Gasteiger partial charge in [0.25, 0.3) is 0 Å². The molecular formula is C8H12N4O4S. The Kier molecular flexibility index (Phi) is 4.79. The highest BCUT2D eigenvalue weighted by atomic mass is 32.1. The van der Waals surface area contributed by atoms with Gasteiger partial charge in [-0.25, -0.2) is 9.59 Å². The number of aromatic nitrogens is 2. The zero-order valence-electron chi connectivity index (χ0n) is 9.01. The SMILES string of the molecule is Cc1nnc(NC(=O)NCCC(O)C(=O)O)s1. The lowest BCUT2D eigenvalue weighted by Crippen LogP contribution is -2.33. The molecule has 8 nitrogen and oxygen atoms in total. The predicted molar refractivity (Wildman–Crippen MR) is 59.9 cm³/mol. The van der Waals surface area contributed by atoms with Crippen molar-refractivity contribution in [3.05, 3.63) is 5.01 Å². The van der Waals surface area contributed by atoms with Gasteiger partial charge < -0.3 is 15.5 Å². The Labute approximate surface area is 101 Å². The third kappa shape index (κ3) is 4.74. The van der Waals surface area contributed by atoms with E-state index >= 15 is 0 Å². The van der Waals surface area contributed by atoms with Crippen LogP contribution in [0.1, 0.15) is 11.4 Å². The van der Waals surface area contributed by atoms with Crippen LogP contribution in [0.25, 0.3) is 0 Å². The van der Waals surface area contributed by atoms with Gasteiger partial charge >= 0.3 is 12.0 Å². The fourth-order valence-corrected chi connectivity index (χ4v) is 1.52. The van der Waals surface area contributed by atoms with Gasteiger partial charge in [-0.1, -0.05) is 11.3 Å². The Bertz CT molecular complexity index is 408. The van der Waals surface area contributed by atoms with E-state index in [0.29, 0.717) is 5.13 Å². The zero-order valence-corrected chi connectivity index (χ0v) is 9.82. The number of amides is 2. The van der Waals surface area contributed by atoms with Gasteiger partial charge in [0.2, 0.25) is 5.13 Å². The molecule has 1 unspecified atom stereocenters. The Hall–Kier alpha value is -1.74. The minimum absolute atomic E-state index is 0.0527. The third-order valence-electron chi connectivity index (χ3n) is 1.73. The maximum atomic E-state index is 11.3. The first-order chi connectivity index (χ1) is 7.99. The summed E-state index contributed by atoms with van der Waals surface area (Å²) in [7, 11) is 0. The van der Waals surface area contributed by atoms with Crippen molar-refractivity contribution in [2.24, 2.45) is 0 Å². The number of urea groups is 1. The standard InChI is InChI=1S/C8H12N4O4S/c1-4-11-12-8(17-4)10-7(16)9-3-2-5(13)6(14)15/h5,13H,2-3H2,1H3,(H,14,15)(H2,9,10,12,16). The normalized spacial score (nSPS) is 11.9. The summed E-state index contributed by atoms with van der Waals surface area (Å²) in [5.41, 5.74) is 0. The summed E-state index contributed by atoms with van der Waals surface area (Å²) in [6, 6.07) is -0.515. The van der Waals surface area contributed by atoms with E-state index in [1.807, 2.05) is 0 Å². The fourth-order valence-electron chi connectivity index (χ4n) is 0.934. The summed E-state index contributed by atoms with van der Waals surface area (Å²) < 4.78 is 0. The van der Waals surface area contributed by atoms with Crippen LogP contribution in [0.5, 0.6) is 0 Å². The average Bonchev–Trinajstić information content (AvgIpc) is 2.63. The maximum Gasteiger partial charge on any atom is 0.332 e. The van der Waals surface area contributed by atoms with Crippen molar-refractivity contribution in [3.63, 3.8) is 0 Å². The first kappa shape index (κ1) is 13.3. The van der Waals surface area contributed by atoms with Crippen molar-refractivity contribution in [1.29, 1.82) is 0 Å². The Morgan fingerprint density at radius 3 is 2.71 bits per heavy atom. The summed E-state index contributed by atoms with van der Waals surface area (Å²) in [5.74, 6) is -1.31. The van der Waals surface area contributed by atoms with Gasteiger partial charge in [0.05, 0.1) is 0 Å². The number of carboxylic acids is 1. The number of nitrogens with zero attached hydrogens (tertiary/aromatic N) is 2. The molecule has 0 bridgehead atoms. The van der Waals surface area contributed by atoms with Gasteiger partial charge in [0.1, 0.15) is 5.01 Å². The highest BCUT2D eigenvalue weighted by molar-refractivity contribution is 7.15. The summed E-state index contributed by atoms with van der Waals surface area (Å²) in [6.07, 6.45) is -1.53. The van der Waals surface area contributed by atoms with Crippen molar-refractivity contribution in [2.75, 3.05) is 11.9 Å². The molecule has 4 N–H and O–H groups in total. The van der Waals surface area contributed by atoms with Gasteiger partial charge in [-0.15, -0.1) is 10.2 Å². The lowest BCUT2D eigenvalue weighted by atomic mass is 10.2. The van der Waals surface area contributed by atoms with Crippen molar-refractivity contribution >= 4 is 28.5 Å². The Balaban J connectivity index is 2.24. The second-order valence-corrected chi connectivity index (χ2v) is 4.33. The minimum atomic E-state index is -1.47. The molecule has 17 heavy (non-hydrogen) atoms. The van der Waals surface area contributed by atoms with Crippen LogP contribution in [-0.4, -0.2) is 45.1 Å². The Morgan fingerprint density at radius 2 is 2.18 bits per heavy atom. The molecular weight excluding hydrogens is 248 g/mol. The molecule has 2 amide bonds. The smallest absolute Gasteiger partial charge is 0.332 e. The highest BCUT2D eigenvalue weighted by Crippen LogP contribution is 2.12. The van der Waals surface area contributed by atoms with Crippen molar-refractivity contribution in [2.45, 2.75) is 19.4 Å². The van der Waals surface area contributed by atoms with Crippen LogP contribution >= 0.6 is 11.3 Å². The highest BCUT2D eigenvalue weighted by Gasteiger charge is 2.13. The van der Waals surface area contributed by atoms with Gasteiger partial charge in [-0.2, -0.15) is 0 Å². The molecule has 0 saturated carbocycles. The first-order valence-electron chi connectivity index (χ1n) is 4.75. The van der Waals surface area contributed by atoms with E-state index in [2.05, 4.69) is 20.8 Å². The number of anilines is 1. The van der Waals surface area contributed by atoms with Crippen LogP contribution in [0.4, 0.5) is 9.93 Å². The molecule has 0 aliphatic rings. The van der Waals surface area contributed by atoms with Crippen LogP contribution in [0.2, 0.25) is 0 Å². The fraction of sp³-hybridized carbons (Fsp3) is 0.500. The minimum Gasteiger partial charge on any atom is -0.479 e. The molecule has 0 aromatic carbocycles. The first-order valence-corrected chi connectivity index (χ1v) is 5.56. The van der Waals surface area contributed by atoms with E-state index in [9.17, 15) is 9.59 Å². The summed E-state index contributed by atoms with van der Waals surface area (Å²) in [5, 5.41) is 30.6. The van der Waals surface area contributed by atoms with Crippen molar-refractivity contribution < 1.29 is 19.8 Å². The maximum absolute atomic E-state index is 11.3. The van der Waals surface area contributed by atoms with Crippen LogP contribution in [0.15, 0.2) is 0 Å². The third-order valence-corrected chi connectivity index (χ3v) is 2.49. The lowest BCUT2D eigenvalue weighted by Gasteiger charge is -2.06. The molecule has 0 radical (unpaired) electrons. The average molecular weight is 260 g/mol. The van der Waals surface area contributed by atoms with Gasteiger partial charge in [0, 0.05) is 13.0 Å². The molecule has 94 valence electrons. The number of aliphatic hydroxyl groups is 1. The number of aryl methyl sites for hydroxylation is 1. The van der Waals surface area contributed by atoms with E-state index in [0.717, 1.165) is 5.01 Å². The summed E-state index contributed by atoms with van der Waals surface area (Å²) in [4.78, 5) is 21.5. The molecule has 0 spiro atoms. The summed E-state index contributed by atoms with van der Waals surface area (Å²) in [6.45, 7) is 1.81. The van der Waals surface area contributed by atoms with E-state index < -0.39 is 18.1 Å². The quantitative estimate of drug-likeness (QED) is 0.581. The van der Waals surface area contributed by atoms with Crippen LogP contribution < -0.4 is 10.6 Å². The number of aliphatic carboxylic acids is 1. The number of hydrogen-bond acceptors (Lipinski definition) is 6. The van der Waals surface area contributed by atoms with Gasteiger partial charge in [0.15, 0.2) is 6.10 Å². The number of carbonyl (C=O) groups excluding carboxylic acids is 1. The number of hydrogen-bond donors (Lipinski definition) is 4. The van der Waals surface area contributed by atoms with Crippen LogP contribution in [0.3, 0.4) is 0 Å². The second-order valence-electron chi connectivity index (χ2n) is 3.15. The number of carboxylic acid groups (broad SMARTS) is 1. The van der Waals surface area contributed by atoms with Crippen molar-refractivity contribution in [3.8, 4) is 0 Å². The molecule has 9 heteroatoms.